The summed E-state index contributed by atoms with van der Waals surface area (Å²) in [7, 11) is 1.80. The van der Waals surface area contributed by atoms with E-state index in [-0.39, 0.29) is 0 Å². The lowest BCUT2D eigenvalue weighted by molar-refractivity contribution is 0.0140. The molecule has 0 saturated carbocycles. The van der Waals surface area contributed by atoms with E-state index in [0.29, 0.717) is 24.2 Å². The van der Waals surface area contributed by atoms with Gasteiger partial charge in [0, 0.05) is 10.2 Å². The van der Waals surface area contributed by atoms with Gasteiger partial charge < -0.3 is 21.3 Å². The Morgan fingerprint density at radius 1 is 1.44 bits per heavy atom. The van der Waals surface area contributed by atoms with Gasteiger partial charge in [0.05, 0.1) is 6.10 Å². The summed E-state index contributed by atoms with van der Waals surface area (Å²) in [5.41, 5.74) is 6.91. The molecule has 1 aromatic rings. The van der Waals surface area contributed by atoms with Crippen molar-refractivity contribution in [2.45, 2.75) is 18.6 Å². The third-order valence-corrected chi connectivity index (χ3v) is 3.11. The van der Waals surface area contributed by atoms with Crippen LogP contribution in [0.2, 0.25) is 0 Å². The molecule has 0 spiro atoms. The lowest BCUT2D eigenvalue weighted by Gasteiger charge is -2.18. The van der Waals surface area contributed by atoms with Gasteiger partial charge in [0.25, 0.3) is 0 Å². The summed E-state index contributed by atoms with van der Waals surface area (Å²) in [5.74, 6) is 0. The van der Waals surface area contributed by atoms with Crippen molar-refractivity contribution in [1.82, 2.24) is 5.32 Å². The number of halogens is 1. The van der Waals surface area contributed by atoms with Gasteiger partial charge in [-0.1, -0.05) is 6.07 Å². The predicted molar refractivity (Wildman–Crippen MR) is 68.1 cm³/mol. The topological polar surface area (TPSA) is 78.5 Å². The number of aliphatic hydroxyl groups is 2. The summed E-state index contributed by atoms with van der Waals surface area (Å²) in [5, 5.41) is 22.5. The lowest BCUT2D eigenvalue weighted by Crippen LogP contribution is -2.23. The highest BCUT2D eigenvalue weighted by molar-refractivity contribution is 9.10. The molecule has 1 aromatic carbocycles. The number of hydrogen-bond acceptors (Lipinski definition) is 4. The van der Waals surface area contributed by atoms with Crippen LogP contribution in [0.5, 0.6) is 0 Å². The molecule has 5 heteroatoms. The Balaban J connectivity index is 2.71. The Morgan fingerprint density at radius 2 is 2.12 bits per heavy atom. The van der Waals surface area contributed by atoms with E-state index in [1.807, 2.05) is 0 Å². The van der Waals surface area contributed by atoms with Gasteiger partial charge in [-0.05, 0) is 53.6 Å². The zero-order valence-electron chi connectivity index (χ0n) is 9.15. The molecule has 90 valence electrons. The van der Waals surface area contributed by atoms with Crippen molar-refractivity contribution >= 4 is 21.6 Å². The normalized spacial score (nSPS) is 14.8. The van der Waals surface area contributed by atoms with Gasteiger partial charge in [0.1, 0.15) is 6.10 Å². The smallest absolute Gasteiger partial charge is 0.105 e. The Labute approximate surface area is 104 Å². The molecule has 0 radical (unpaired) electrons. The summed E-state index contributed by atoms with van der Waals surface area (Å²) in [6.45, 7) is 0.661. The zero-order chi connectivity index (χ0) is 12.1. The Bertz CT molecular complexity index is 347. The summed E-state index contributed by atoms with van der Waals surface area (Å²) < 4.78 is 0.727. The number of hydrogen-bond donors (Lipinski definition) is 4. The van der Waals surface area contributed by atoms with Gasteiger partial charge in [-0.2, -0.15) is 0 Å². The maximum atomic E-state index is 9.89. The number of nitrogens with two attached hydrogens (primary N) is 1. The van der Waals surface area contributed by atoms with Crippen LogP contribution in [0.4, 0.5) is 5.69 Å². The second-order valence-corrected chi connectivity index (χ2v) is 4.54. The molecule has 0 amide bonds. The Kier molecular flexibility index (Phi) is 5.21. The average molecular weight is 289 g/mol. The molecule has 2 unspecified atom stereocenters. The molecule has 0 bridgehead atoms. The van der Waals surface area contributed by atoms with Gasteiger partial charge in [0.2, 0.25) is 0 Å². The molecule has 5 N–H and O–H groups in total. The van der Waals surface area contributed by atoms with E-state index < -0.39 is 12.2 Å². The summed E-state index contributed by atoms with van der Waals surface area (Å²) in [6.07, 6.45) is -1.16. The van der Waals surface area contributed by atoms with Crippen LogP contribution in [-0.2, 0) is 0 Å². The second kappa shape index (κ2) is 6.20. The Morgan fingerprint density at radius 3 is 2.69 bits per heavy atom. The first-order valence-electron chi connectivity index (χ1n) is 5.12. The predicted octanol–water partition coefficient (Wildman–Crippen LogP) is 1.04. The van der Waals surface area contributed by atoms with E-state index in [1.165, 1.54) is 0 Å². The second-order valence-electron chi connectivity index (χ2n) is 3.69. The molecule has 0 aliphatic heterocycles. The van der Waals surface area contributed by atoms with Crippen LogP contribution >= 0.6 is 15.9 Å². The van der Waals surface area contributed by atoms with Gasteiger partial charge in [0.15, 0.2) is 0 Å². The van der Waals surface area contributed by atoms with Crippen molar-refractivity contribution in [2.24, 2.45) is 0 Å². The molecule has 0 fully saturated rings. The van der Waals surface area contributed by atoms with E-state index >= 15 is 0 Å². The highest BCUT2D eigenvalue weighted by Crippen LogP contribution is 2.26. The molecule has 2 atom stereocenters. The van der Waals surface area contributed by atoms with Crippen LogP contribution in [0.1, 0.15) is 18.1 Å². The maximum absolute atomic E-state index is 9.89. The number of anilines is 1. The number of rotatable bonds is 5. The first-order valence-corrected chi connectivity index (χ1v) is 5.91. The van der Waals surface area contributed by atoms with Crippen LogP contribution in [0.3, 0.4) is 0 Å². The van der Waals surface area contributed by atoms with E-state index in [9.17, 15) is 10.2 Å². The molecular weight excluding hydrogens is 272 g/mol. The molecule has 4 nitrogen and oxygen atoms in total. The molecular formula is C11H17BrN2O2. The maximum Gasteiger partial charge on any atom is 0.105 e. The highest BCUT2D eigenvalue weighted by atomic mass is 79.9. The fraction of sp³-hybridized carbons (Fsp3) is 0.455. The zero-order valence-corrected chi connectivity index (χ0v) is 10.7. The van der Waals surface area contributed by atoms with Gasteiger partial charge in [-0.15, -0.1) is 0 Å². The minimum Gasteiger partial charge on any atom is -0.398 e. The van der Waals surface area contributed by atoms with E-state index in [4.69, 9.17) is 5.73 Å². The van der Waals surface area contributed by atoms with Crippen molar-refractivity contribution in [2.75, 3.05) is 19.3 Å². The van der Waals surface area contributed by atoms with Crippen LogP contribution in [0.15, 0.2) is 22.7 Å². The molecule has 0 aromatic heterocycles. The molecule has 0 aliphatic carbocycles. The Hall–Kier alpha value is -0.620. The van der Waals surface area contributed by atoms with Crippen molar-refractivity contribution in [3.8, 4) is 0 Å². The summed E-state index contributed by atoms with van der Waals surface area (Å²) in [6, 6.07) is 5.14. The lowest BCUT2D eigenvalue weighted by atomic mass is 10.0. The summed E-state index contributed by atoms with van der Waals surface area (Å²) in [4.78, 5) is 0. The quantitative estimate of drug-likeness (QED) is 0.611. The van der Waals surface area contributed by atoms with Crippen LogP contribution in [0.25, 0.3) is 0 Å². The average Bonchev–Trinajstić information content (AvgIpc) is 2.28. The molecule has 0 aliphatic rings. The fourth-order valence-electron chi connectivity index (χ4n) is 1.40. The first-order chi connectivity index (χ1) is 7.56. The minimum absolute atomic E-state index is 0.500. The van der Waals surface area contributed by atoms with Crippen molar-refractivity contribution < 1.29 is 10.2 Å². The third-order valence-electron chi connectivity index (χ3n) is 2.42. The van der Waals surface area contributed by atoms with E-state index in [1.54, 1.807) is 25.2 Å². The van der Waals surface area contributed by atoms with E-state index in [2.05, 4.69) is 21.2 Å². The number of benzene rings is 1. The summed E-state index contributed by atoms with van der Waals surface area (Å²) >= 11 is 3.29. The van der Waals surface area contributed by atoms with E-state index in [0.717, 1.165) is 4.47 Å². The van der Waals surface area contributed by atoms with Crippen molar-refractivity contribution in [3.63, 3.8) is 0 Å². The number of nitrogen functional groups attached to an aromatic ring is 1. The third kappa shape index (κ3) is 3.45. The molecule has 0 heterocycles. The minimum atomic E-state index is -0.884. The molecule has 16 heavy (non-hydrogen) atoms. The van der Waals surface area contributed by atoms with Gasteiger partial charge in [-0.3, -0.25) is 0 Å². The van der Waals surface area contributed by atoms with Crippen LogP contribution in [-0.4, -0.2) is 29.9 Å². The standard InChI is InChI=1S/C11H17BrN2O2/c1-14-5-4-10(15)11(16)7-2-3-9(13)8(12)6-7/h2-3,6,10-11,14-16H,4-5,13H2,1H3. The highest BCUT2D eigenvalue weighted by Gasteiger charge is 2.18. The first kappa shape index (κ1) is 13.4. The van der Waals surface area contributed by atoms with Crippen LogP contribution in [0, 0.1) is 0 Å². The van der Waals surface area contributed by atoms with Crippen molar-refractivity contribution in [1.29, 1.82) is 0 Å². The monoisotopic (exact) mass is 288 g/mol. The largest absolute Gasteiger partial charge is 0.398 e. The van der Waals surface area contributed by atoms with Crippen LogP contribution < -0.4 is 11.1 Å². The number of nitrogens with one attached hydrogen (secondary N) is 1. The molecule has 1 rings (SSSR count). The van der Waals surface area contributed by atoms with Gasteiger partial charge >= 0.3 is 0 Å². The van der Waals surface area contributed by atoms with Crippen molar-refractivity contribution in [3.05, 3.63) is 28.2 Å². The fourth-order valence-corrected chi connectivity index (χ4v) is 1.80. The SMILES string of the molecule is CNCCC(O)C(O)c1ccc(N)c(Br)c1. The van der Waals surface area contributed by atoms with Gasteiger partial charge in [-0.25, -0.2) is 0 Å². The number of aliphatic hydroxyl groups excluding tert-OH is 2. The molecule has 0 saturated heterocycles.